The summed E-state index contributed by atoms with van der Waals surface area (Å²) in [5, 5.41) is 6.64. The van der Waals surface area contributed by atoms with Gasteiger partial charge in [0.1, 0.15) is 6.61 Å². The Kier molecular flexibility index (Phi) is 10.6. The zero-order chi connectivity index (χ0) is 20.7. The number of nitrogens with zero attached hydrogens (tertiary/aromatic N) is 2. The van der Waals surface area contributed by atoms with Gasteiger partial charge in [0.05, 0.1) is 19.8 Å². The van der Waals surface area contributed by atoms with Crippen molar-refractivity contribution in [3.63, 3.8) is 0 Å². The molecule has 7 heteroatoms. The molecule has 0 fully saturated rings. The van der Waals surface area contributed by atoms with Crippen molar-refractivity contribution >= 4 is 5.96 Å². The van der Waals surface area contributed by atoms with E-state index in [-0.39, 0.29) is 0 Å². The van der Waals surface area contributed by atoms with E-state index in [1.54, 1.807) is 20.4 Å². The first-order chi connectivity index (χ1) is 14.2. The summed E-state index contributed by atoms with van der Waals surface area (Å²) in [6, 6.07) is 14.1. The Morgan fingerprint density at radius 1 is 1.10 bits per heavy atom. The molecule has 1 atom stereocenters. The van der Waals surface area contributed by atoms with Crippen LogP contribution in [0.3, 0.4) is 0 Å². The maximum Gasteiger partial charge on any atom is 0.218 e. The minimum absolute atomic E-state index is 0.351. The van der Waals surface area contributed by atoms with Crippen LogP contribution in [-0.2, 0) is 22.6 Å². The predicted molar refractivity (Wildman–Crippen MR) is 115 cm³/mol. The van der Waals surface area contributed by atoms with Crippen LogP contribution in [0, 0.1) is 5.92 Å². The number of aliphatic imine (C=N–C) groups is 1. The molecular weight excluding hydrogens is 368 g/mol. The number of methoxy groups -OCH3 is 1. The monoisotopic (exact) mass is 400 g/mol. The Morgan fingerprint density at radius 3 is 2.69 bits per heavy atom. The van der Waals surface area contributed by atoms with Crippen LogP contribution in [0.5, 0.6) is 5.88 Å². The number of ether oxygens (including phenoxy) is 3. The second kappa shape index (κ2) is 13.5. The van der Waals surface area contributed by atoms with Crippen LogP contribution in [0.15, 0.2) is 53.7 Å². The molecule has 2 aromatic rings. The van der Waals surface area contributed by atoms with E-state index in [1.807, 2.05) is 30.3 Å². The molecule has 1 aromatic carbocycles. The lowest BCUT2D eigenvalue weighted by atomic mass is 10.2. The first kappa shape index (κ1) is 22.6. The van der Waals surface area contributed by atoms with Crippen molar-refractivity contribution in [3.05, 3.63) is 59.8 Å². The Bertz CT molecular complexity index is 725. The number of nitrogens with one attached hydrogen (secondary N) is 2. The average molecular weight is 401 g/mol. The number of aromatic nitrogens is 1. The molecule has 7 nitrogen and oxygen atoms in total. The van der Waals surface area contributed by atoms with Crippen molar-refractivity contribution < 1.29 is 14.2 Å². The van der Waals surface area contributed by atoms with E-state index < -0.39 is 0 Å². The van der Waals surface area contributed by atoms with Gasteiger partial charge >= 0.3 is 0 Å². The van der Waals surface area contributed by atoms with Crippen LogP contribution < -0.4 is 15.4 Å². The summed E-state index contributed by atoms with van der Waals surface area (Å²) >= 11 is 0. The van der Waals surface area contributed by atoms with Gasteiger partial charge in [-0.3, -0.25) is 4.99 Å². The van der Waals surface area contributed by atoms with Crippen molar-refractivity contribution in [1.82, 2.24) is 15.6 Å². The lowest BCUT2D eigenvalue weighted by Crippen LogP contribution is -2.39. The molecule has 29 heavy (non-hydrogen) atoms. The zero-order valence-corrected chi connectivity index (χ0v) is 17.6. The van der Waals surface area contributed by atoms with Crippen molar-refractivity contribution in [3.8, 4) is 5.88 Å². The predicted octanol–water partition coefficient (Wildman–Crippen LogP) is 2.62. The lowest BCUT2D eigenvalue weighted by Gasteiger charge is -2.17. The third kappa shape index (κ3) is 8.93. The maximum atomic E-state index is 5.80. The number of rotatable bonds is 12. The molecule has 1 unspecified atom stereocenters. The third-order valence-electron chi connectivity index (χ3n) is 4.18. The van der Waals surface area contributed by atoms with Gasteiger partial charge in [0.15, 0.2) is 5.96 Å². The summed E-state index contributed by atoms with van der Waals surface area (Å²) in [5.41, 5.74) is 2.15. The van der Waals surface area contributed by atoms with E-state index in [4.69, 9.17) is 14.2 Å². The number of pyridine rings is 1. The molecule has 0 aliphatic rings. The molecule has 0 aliphatic heterocycles. The fourth-order valence-electron chi connectivity index (χ4n) is 2.59. The molecule has 0 amide bonds. The van der Waals surface area contributed by atoms with Gasteiger partial charge in [-0.25, -0.2) is 4.98 Å². The van der Waals surface area contributed by atoms with Gasteiger partial charge in [0.2, 0.25) is 5.88 Å². The van der Waals surface area contributed by atoms with Gasteiger partial charge in [-0.2, -0.15) is 0 Å². The van der Waals surface area contributed by atoms with Crippen LogP contribution in [0.2, 0.25) is 0 Å². The fraction of sp³-hybridized carbons (Fsp3) is 0.455. The Labute approximate surface area is 173 Å². The Morgan fingerprint density at radius 2 is 1.93 bits per heavy atom. The van der Waals surface area contributed by atoms with Gasteiger partial charge in [-0.15, -0.1) is 0 Å². The average Bonchev–Trinajstić information content (AvgIpc) is 2.75. The summed E-state index contributed by atoms with van der Waals surface area (Å²) in [5.74, 6) is 1.69. The lowest BCUT2D eigenvalue weighted by molar-refractivity contribution is 0.0931. The fourth-order valence-corrected chi connectivity index (χ4v) is 2.59. The van der Waals surface area contributed by atoms with E-state index in [1.165, 1.54) is 5.56 Å². The van der Waals surface area contributed by atoms with Gasteiger partial charge in [-0.05, 0) is 17.5 Å². The summed E-state index contributed by atoms with van der Waals surface area (Å²) in [4.78, 5) is 8.57. The molecule has 1 heterocycles. The molecule has 158 valence electrons. The highest BCUT2D eigenvalue weighted by Crippen LogP contribution is 2.13. The topological polar surface area (TPSA) is 77.0 Å². The number of hydrogen-bond donors (Lipinski definition) is 2. The zero-order valence-electron chi connectivity index (χ0n) is 17.6. The maximum absolute atomic E-state index is 5.80. The molecule has 1 aromatic heterocycles. The number of hydrogen-bond acceptors (Lipinski definition) is 5. The number of benzene rings is 1. The largest absolute Gasteiger partial charge is 0.475 e. The van der Waals surface area contributed by atoms with Crippen molar-refractivity contribution in [2.45, 2.75) is 20.1 Å². The van der Waals surface area contributed by atoms with Crippen LogP contribution in [-0.4, -0.2) is 51.5 Å². The van der Waals surface area contributed by atoms with Crippen LogP contribution in [0.25, 0.3) is 0 Å². The van der Waals surface area contributed by atoms with E-state index in [0.717, 1.165) is 18.1 Å². The quantitative estimate of drug-likeness (QED) is 0.324. The highest BCUT2D eigenvalue weighted by Gasteiger charge is 2.08. The summed E-state index contributed by atoms with van der Waals surface area (Å²) < 4.78 is 16.5. The Balaban J connectivity index is 1.71. The molecule has 0 aliphatic carbocycles. The van der Waals surface area contributed by atoms with Gasteiger partial charge < -0.3 is 24.8 Å². The molecule has 0 bridgehead atoms. The van der Waals surface area contributed by atoms with E-state index in [0.29, 0.717) is 44.8 Å². The van der Waals surface area contributed by atoms with Crippen molar-refractivity contribution in [1.29, 1.82) is 0 Å². The molecule has 0 radical (unpaired) electrons. The van der Waals surface area contributed by atoms with E-state index in [2.05, 4.69) is 39.7 Å². The van der Waals surface area contributed by atoms with Crippen molar-refractivity contribution in [2.24, 2.45) is 10.9 Å². The van der Waals surface area contributed by atoms with E-state index in [9.17, 15) is 0 Å². The standard InChI is InChI=1S/C22H32N4O3/c1-18(16-28-17-19-8-5-4-6-9-19)14-25-22(23-2)26-15-20-10-7-11-24-21(20)29-13-12-27-3/h4-11,18H,12-17H2,1-3H3,(H2,23,25,26). The molecule has 0 saturated carbocycles. The number of guanidine groups is 1. The first-order valence-electron chi connectivity index (χ1n) is 9.84. The summed E-state index contributed by atoms with van der Waals surface area (Å²) in [7, 11) is 3.40. The molecule has 0 saturated heterocycles. The van der Waals surface area contributed by atoms with Crippen LogP contribution in [0.1, 0.15) is 18.1 Å². The second-order valence-electron chi connectivity index (χ2n) is 6.72. The Hall–Kier alpha value is -2.64. The smallest absolute Gasteiger partial charge is 0.218 e. The molecule has 0 spiro atoms. The molecular formula is C22H32N4O3. The second-order valence-corrected chi connectivity index (χ2v) is 6.72. The minimum Gasteiger partial charge on any atom is -0.475 e. The summed E-state index contributed by atoms with van der Waals surface area (Å²) in [6.07, 6.45) is 1.72. The van der Waals surface area contributed by atoms with Crippen LogP contribution in [0.4, 0.5) is 0 Å². The van der Waals surface area contributed by atoms with Gasteiger partial charge in [0.25, 0.3) is 0 Å². The normalized spacial score (nSPS) is 12.4. The van der Waals surface area contributed by atoms with Crippen molar-refractivity contribution in [2.75, 3.05) is 40.5 Å². The van der Waals surface area contributed by atoms with E-state index >= 15 is 0 Å². The van der Waals surface area contributed by atoms with Gasteiger partial charge in [-0.1, -0.05) is 43.3 Å². The van der Waals surface area contributed by atoms with Gasteiger partial charge in [0, 0.05) is 39.0 Å². The highest BCUT2D eigenvalue weighted by atomic mass is 16.5. The molecule has 2 N–H and O–H groups in total. The molecule has 2 rings (SSSR count). The first-order valence-corrected chi connectivity index (χ1v) is 9.84. The summed E-state index contributed by atoms with van der Waals surface area (Å²) in [6.45, 7) is 5.77. The highest BCUT2D eigenvalue weighted by molar-refractivity contribution is 5.79. The minimum atomic E-state index is 0.351. The third-order valence-corrected chi connectivity index (χ3v) is 4.18. The van der Waals surface area contributed by atoms with Crippen LogP contribution >= 0.6 is 0 Å². The SMILES string of the molecule is CN=C(NCc1cccnc1OCCOC)NCC(C)COCc1ccccc1.